The number of oxime groups is 1. The molecule has 1 rings (SSSR count). The second-order valence-electron chi connectivity index (χ2n) is 3.02. The summed E-state index contributed by atoms with van der Waals surface area (Å²) in [4.78, 5) is 15.0. The Labute approximate surface area is 87.5 Å². The van der Waals surface area contributed by atoms with Gasteiger partial charge in [-0.1, -0.05) is 12.1 Å². The van der Waals surface area contributed by atoms with E-state index in [1.165, 1.54) is 24.3 Å². The van der Waals surface area contributed by atoms with Crippen molar-refractivity contribution in [3.05, 3.63) is 34.4 Å². The van der Waals surface area contributed by atoms with Crippen molar-refractivity contribution in [3.63, 3.8) is 0 Å². The lowest BCUT2D eigenvalue weighted by Gasteiger charge is -1.99. The van der Waals surface area contributed by atoms with Crippen molar-refractivity contribution in [3.8, 4) is 5.75 Å². The number of hydrogen-bond acceptors (Lipinski definition) is 4. The highest BCUT2D eigenvalue weighted by molar-refractivity contribution is 5.81. The van der Waals surface area contributed by atoms with Crippen LogP contribution in [0.5, 0.6) is 5.75 Å². The molecule has 0 aliphatic rings. The Morgan fingerprint density at radius 2 is 2.07 bits per heavy atom. The second-order valence-corrected chi connectivity index (χ2v) is 3.02. The van der Waals surface area contributed by atoms with Crippen LogP contribution in [0, 0.1) is 10.1 Å². The smallest absolute Gasteiger partial charge is 0.269 e. The molecule has 0 amide bonds. The second kappa shape index (κ2) is 5.09. The van der Waals surface area contributed by atoms with E-state index in [1.807, 2.05) is 13.8 Å². The van der Waals surface area contributed by atoms with Gasteiger partial charge in [-0.15, -0.1) is 0 Å². The summed E-state index contributed by atoms with van der Waals surface area (Å²) in [6, 6.07) is 5.80. The number of nitro benzene ring substituents is 1. The number of benzene rings is 1. The monoisotopic (exact) mass is 208 g/mol. The molecule has 1 aromatic carbocycles. The molecule has 1 aromatic rings. The van der Waals surface area contributed by atoms with Crippen molar-refractivity contribution >= 4 is 11.4 Å². The molecule has 80 valence electrons. The predicted octanol–water partition coefficient (Wildman–Crippen LogP) is 2.76. The first-order valence-corrected chi connectivity index (χ1v) is 4.58. The van der Waals surface area contributed by atoms with Crippen LogP contribution >= 0.6 is 0 Å². The van der Waals surface area contributed by atoms with Crippen LogP contribution < -0.4 is 4.84 Å². The van der Waals surface area contributed by atoms with E-state index in [0.29, 0.717) is 5.75 Å². The van der Waals surface area contributed by atoms with Crippen LogP contribution in [-0.4, -0.2) is 10.6 Å². The summed E-state index contributed by atoms with van der Waals surface area (Å²) in [7, 11) is 0. The number of non-ortho nitro benzene ring substituents is 1. The lowest BCUT2D eigenvalue weighted by atomic mass is 10.3. The molecule has 5 nitrogen and oxygen atoms in total. The molecule has 0 aromatic heterocycles. The normalized spacial score (nSPS) is 11.2. The van der Waals surface area contributed by atoms with Gasteiger partial charge in [-0.2, -0.15) is 0 Å². The minimum Gasteiger partial charge on any atom is -0.357 e. The average Bonchev–Trinajstić information content (AvgIpc) is 2.26. The van der Waals surface area contributed by atoms with Gasteiger partial charge in [-0.05, 0) is 25.5 Å². The highest BCUT2D eigenvalue weighted by Crippen LogP contribution is 2.17. The molecule has 5 heteroatoms. The van der Waals surface area contributed by atoms with Gasteiger partial charge in [0.25, 0.3) is 5.69 Å². The summed E-state index contributed by atoms with van der Waals surface area (Å²) in [6.45, 7) is 3.82. The quantitative estimate of drug-likeness (QED) is 0.434. The predicted molar refractivity (Wildman–Crippen MR) is 57.1 cm³/mol. The zero-order chi connectivity index (χ0) is 11.3. The van der Waals surface area contributed by atoms with E-state index in [0.717, 1.165) is 12.1 Å². The van der Waals surface area contributed by atoms with Gasteiger partial charge in [0.1, 0.15) is 0 Å². The maximum Gasteiger partial charge on any atom is 0.269 e. The van der Waals surface area contributed by atoms with Crippen LogP contribution in [0.1, 0.15) is 20.3 Å². The number of hydrogen-bond donors (Lipinski definition) is 0. The van der Waals surface area contributed by atoms with Gasteiger partial charge in [0.2, 0.25) is 0 Å². The van der Waals surface area contributed by atoms with Crippen LogP contribution in [0.2, 0.25) is 0 Å². The summed E-state index contributed by atoms with van der Waals surface area (Å²) in [5.74, 6) is 0.494. The SMILES string of the molecule is CC/C(C)=N/Oc1ccc([N+](=O)[O-])cc1. The van der Waals surface area contributed by atoms with Gasteiger partial charge < -0.3 is 4.84 Å². The highest BCUT2D eigenvalue weighted by Gasteiger charge is 2.03. The number of nitrogens with zero attached hydrogens (tertiary/aromatic N) is 2. The Kier molecular flexibility index (Phi) is 3.79. The third kappa shape index (κ3) is 3.38. The van der Waals surface area contributed by atoms with E-state index in [4.69, 9.17) is 4.84 Å². The van der Waals surface area contributed by atoms with Crippen LogP contribution in [0.25, 0.3) is 0 Å². The first-order valence-electron chi connectivity index (χ1n) is 4.58. The molecule has 0 spiro atoms. The first-order chi connectivity index (χ1) is 7.13. The Bertz CT molecular complexity index is 371. The van der Waals surface area contributed by atoms with E-state index >= 15 is 0 Å². The van der Waals surface area contributed by atoms with Crippen molar-refractivity contribution in [1.82, 2.24) is 0 Å². The van der Waals surface area contributed by atoms with E-state index in [-0.39, 0.29) is 5.69 Å². The third-order valence-electron chi connectivity index (χ3n) is 1.87. The lowest BCUT2D eigenvalue weighted by molar-refractivity contribution is -0.384. The van der Waals surface area contributed by atoms with Crippen molar-refractivity contribution in [2.45, 2.75) is 20.3 Å². The third-order valence-corrected chi connectivity index (χ3v) is 1.87. The van der Waals surface area contributed by atoms with Crippen LogP contribution in [0.4, 0.5) is 5.69 Å². The molecule has 0 aliphatic carbocycles. The maximum atomic E-state index is 10.4. The van der Waals surface area contributed by atoms with E-state index < -0.39 is 4.92 Å². The molecule has 0 radical (unpaired) electrons. The molecule has 0 fully saturated rings. The largest absolute Gasteiger partial charge is 0.357 e. The van der Waals surface area contributed by atoms with E-state index in [9.17, 15) is 10.1 Å². The lowest BCUT2D eigenvalue weighted by Crippen LogP contribution is -1.93. The standard InChI is InChI=1S/C10H12N2O3/c1-3-8(2)11-15-10-6-4-9(5-7-10)12(13)14/h4-7H,3H2,1-2H3/b11-8+. The molecule has 0 N–H and O–H groups in total. The fourth-order valence-corrected chi connectivity index (χ4v) is 0.824. The van der Waals surface area contributed by atoms with Crippen LogP contribution in [0.15, 0.2) is 29.4 Å². The van der Waals surface area contributed by atoms with Crippen molar-refractivity contribution in [2.75, 3.05) is 0 Å². The minimum atomic E-state index is -0.454. The van der Waals surface area contributed by atoms with Crippen LogP contribution in [-0.2, 0) is 0 Å². The topological polar surface area (TPSA) is 64.7 Å². The van der Waals surface area contributed by atoms with E-state index in [2.05, 4.69) is 5.16 Å². The molecule has 0 bridgehead atoms. The summed E-state index contributed by atoms with van der Waals surface area (Å²) >= 11 is 0. The van der Waals surface area contributed by atoms with Crippen molar-refractivity contribution in [2.24, 2.45) is 5.16 Å². The Morgan fingerprint density at radius 1 is 1.47 bits per heavy atom. The molecule has 0 heterocycles. The maximum absolute atomic E-state index is 10.4. The Hall–Kier alpha value is -1.91. The van der Waals surface area contributed by atoms with Gasteiger partial charge >= 0.3 is 0 Å². The number of nitro groups is 1. The first kappa shape index (κ1) is 11.2. The van der Waals surface area contributed by atoms with Crippen molar-refractivity contribution < 1.29 is 9.76 Å². The zero-order valence-corrected chi connectivity index (χ0v) is 8.64. The van der Waals surface area contributed by atoms with Gasteiger partial charge in [0.05, 0.1) is 10.6 Å². The molecule has 0 saturated heterocycles. The fourth-order valence-electron chi connectivity index (χ4n) is 0.824. The van der Waals surface area contributed by atoms with Crippen molar-refractivity contribution in [1.29, 1.82) is 0 Å². The van der Waals surface area contributed by atoms with Gasteiger partial charge in [-0.25, -0.2) is 0 Å². The van der Waals surface area contributed by atoms with E-state index in [1.54, 1.807) is 0 Å². The molecular weight excluding hydrogens is 196 g/mol. The highest BCUT2D eigenvalue weighted by atomic mass is 16.6. The Morgan fingerprint density at radius 3 is 2.53 bits per heavy atom. The molecular formula is C10H12N2O3. The van der Waals surface area contributed by atoms with Gasteiger partial charge in [0.15, 0.2) is 5.75 Å². The fraction of sp³-hybridized carbons (Fsp3) is 0.300. The molecule has 0 unspecified atom stereocenters. The minimum absolute atomic E-state index is 0.0403. The average molecular weight is 208 g/mol. The molecule has 0 saturated carbocycles. The Balaban J connectivity index is 2.69. The summed E-state index contributed by atoms with van der Waals surface area (Å²) in [5.41, 5.74) is 0.909. The molecule has 15 heavy (non-hydrogen) atoms. The molecule has 0 atom stereocenters. The summed E-state index contributed by atoms with van der Waals surface area (Å²) in [5, 5.41) is 14.2. The number of rotatable bonds is 4. The summed E-state index contributed by atoms with van der Waals surface area (Å²) < 4.78 is 0. The molecule has 0 aliphatic heterocycles. The van der Waals surface area contributed by atoms with Gasteiger partial charge in [0, 0.05) is 12.1 Å². The summed E-state index contributed by atoms with van der Waals surface area (Å²) in [6.07, 6.45) is 0.812. The van der Waals surface area contributed by atoms with Gasteiger partial charge in [-0.3, -0.25) is 10.1 Å². The van der Waals surface area contributed by atoms with Crippen LogP contribution in [0.3, 0.4) is 0 Å². The zero-order valence-electron chi connectivity index (χ0n) is 8.64.